The predicted octanol–water partition coefficient (Wildman–Crippen LogP) is 1.37. The van der Waals surface area contributed by atoms with Crippen molar-refractivity contribution in [2.24, 2.45) is 71.0 Å². The largest absolute Gasteiger partial charge is 0.393 e. The van der Waals surface area contributed by atoms with Gasteiger partial charge < -0.3 is 18.9 Å². The molecule has 0 spiro atoms. The van der Waals surface area contributed by atoms with E-state index in [0.717, 1.165) is 0 Å². The van der Waals surface area contributed by atoms with E-state index in [-0.39, 0.29) is 62.2 Å². The highest BCUT2D eigenvalue weighted by atomic mass is 16.6. The number of carbonyl (C=O) groups excluding carboxylic acids is 8. The first-order valence-corrected chi connectivity index (χ1v) is 13.1. The molecule has 4 bridgehead atoms. The lowest BCUT2D eigenvalue weighted by Gasteiger charge is -2.41. The van der Waals surface area contributed by atoms with Crippen LogP contribution in [0, 0.1) is 71.0 Å². The summed E-state index contributed by atoms with van der Waals surface area (Å²) in [6.45, 7) is 0. The summed E-state index contributed by atoms with van der Waals surface area (Å²) in [5, 5.41) is 0. The van der Waals surface area contributed by atoms with Gasteiger partial charge in [-0.1, -0.05) is 14.9 Å². The van der Waals surface area contributed by atoms with Gasteiger partial charge in [-0.2, -0.15) is 0 Å². The molecule has 4 saturated carbocycles. The Bertz CT molecular complexity index is 1060. The van der Waals surface area contributed by atoms with Gasteiger partial charge >= 0.3 is 47.8 Å². The average Bonchev–Trinajstić information content (AvgIpc) is 3.56. The predicted molar refractivity (Wildman–Crippen MR) is 127 cm³/mol. The normalized spacial score (nSPS) is 45.2. The lowest BCUT2D eigenvalue weighted by molar-refractivity contribution is -0.174. The van der Waals surface area contributed by atoms with Crippen molar-refractivity contribution in [3.63, 3.8) is 0 Å². The van der Waals surface area contributed by atoms with E-state index in [1.165, 1.54) is 0 Å². The van der Waals surface area contributed by atoms with Crippen LogP contribution >= 0.6 is 0 Å². The summed E-state index contributed by atoms with van der Waals surface area (Å²) >= 11 is 0. The molecule has 0 amide bonds. The molecule has 0 radical (unpaired) electrons. The number of hydrogen-bond donors (Lipinski definition) is 0. The second-order valence-corrected chi connectivity index (χ2v) is 11.9. The number of cyclic esters (lactones) is 8. The number of esters is 8. The minimum absolute atomic E-state index is 0. The van der Waals surface area contributed by atoms with Crippen LogP contribution in [0.25, 0.3) is 0 Å². The van der Waals surface area contributed by atoms with Gasteiger partial charge in [0.25, 0.3) is 0 Å². The molecular formula is C28H32O12. The zero-order chi connectivity index (χ0) is 26.6. The van der Waals surface area contributed by atoms with Gasteiger partial charge in [-0.15, -0.1) is 0 Å². The van der Waals surface area contributed by atoms with E-state index in [9.17, 15) is 38.4 Å². The van der Waals surface area contributed by atoms with Gasteiger partial charge in [0.2, 0.25) is 0 Å². The minimum Gasteiger partial charge on any atom is -0.393 e. The number of hydrogen-bond acceptors (Lipinski definition) is 12. The Hall–Kier alpha value is -3.44. The molecule has 8 rings (SSSR count). The molecule has 12 heteroatoms. The van der Waals surface area contributed by atoms with Crippen LogP contribution in [0.15, 0.2) is 0 Å². The standard InChI is InChI=1S/C14H14O6.C12H10O6.2CH4/c15-11-7-1-5-2-9-10(14(18)20-13(9)17)4-6(5)3-8(7)12(16)19-11;13-9-3-1-4(10(14)17-9)8-6-2-5(7(3)8)11(15)18-12(6)16;;/h5-10H,1-4H2;3-8H,1-2H2;2*1H4. The van der Waals surface area contributed by atoms with Crippen molar-refractivity contribution in [1.82, 2.24) is 0 Å². The smallest absolute Gasteiger partial charge is 0.317 e. The van der Waals surface area contributed by atoms with Crippen LogP contribution in [0.2, 0.25) is 0 Å². The number of carbonyl (C=O) groups is 8. The third-order valence-corrected chi connectivity index (χ3v) is 10.4. The fourth-order valence-electron chi connectivity index (χ4n) is 8.79. The summed E-state index contributed by atoms with van der Waals surface area (Å²) in [5.74, 6) is -7.09. The average molecular weight is 561 g/mol. The third kappa shape index (κ3) is 3.85. The van der Waals surface area contributed by atoms with Gasteiger partial charge in [-0.25, -0.2) is 0 Å². The number of rotatable bonds is 0. The lowest BCUT2D eigenvalue weighted by atomic mass is 9.59. The van der Waals surface area contributed by atoms with E-state index in [4.69, 9.17) is 18.9 Å². The molecule has 216 valence electrons. The molecule has 0 aromatic heterocycles. The van der Waals surface area contributed by atoms with Crippen molar-refractivity contribution in [2.75, 3.05) is 0 Å². The highest BCUT2D eigenvalue weighted by molar-refractivity contribution is 5.99. The van der Waals surface area contributed by atoms with Gasteiger partial charge in [0.1, 0.15) is 0 Å². The first-order chi connectivity index (χ1) is 18.1. The maximum Gasteiger partial charge on any atom is 0.317 e. The topological polar surface area (TPSA) is 173 Å². The Kier molecular flexibility index (Phi) is 6.74. The Balaban J connectivity index is 0.000000154. The van der Waals surface area contributed by atoms with Crippen LogP contribution < -0.4 is 0 Å². The van der Waals surface area contributed by atoms with E-state index in [1.807, 2.05) is 0 Å². The van der Waals surface area contributed by atoms with E-state index in [1.54, 1.807) is 0 Å². The van der Waals surface area contributed by atoms with Crippen molar-refractivity contribution >= 4 is 47.8 Å². The van der Waals surface area contributed by atoms with Crippen molar-refractivity contribution < 1.29 is 57.3 Å². The molecular weight excluding hydrogens is 528 g/mol. The molecule has 4 heterocycles. The van der Waals surface area contributed by atoms with Gasteiger partial charge in [0.15, 0.2) is 0 Å². The molecule has 40 heavy (non-hydrogen) atoms. The first-order valence-electron chi connectivity index (χ1n) is 13.1. The summed E-state index contributed by atoms with van der Waals surface area (Å²) < 4.78 is 18.8. The Morgan fingerprint density at radius 2 is 0.525 bits per heavy atom. The fraction of sp³-hybridized carbons (Fsp3) is 0.714. The maximum absolute atomic E-state index is 11.7. The van der Waals surface area contributed by atoms with Gasteiger partial charge in [0.05, 0.1) is 47.3 Å². The van der Waals surface area contributed by atoms with Gasteiger partial charge in [-0.3, -0.25) is 38.4 Å². The van der Waals surface area contributed by atoms with E-state index in [0.29, 0.717) is 38.5 Å². The molecule has 0 aromatic carbocycles. The van der Waals surface area contributed by atoms with Crippen molar-refractivity contribution in [2.45, 2.75) is 53.4 Å². The van der Waals surface area contributed by atoms with Crippen LogP contribution in [-0.2, 0) is 57.3 Å². The van der Waals surface area contributed by atoms with Crippen molar-refractivity contribution in [1.29, 1.82) is 0 Å². The SMILES string of the molecule is C.C.O=C1OC(=O)C2CC1C1C3CC(C(=O)OC3=O)C21.O=C1OC(=O)C2CC3CC4C(=O)OC(=O)C4CC3CC12. The zero-order valence-corrected chi connectivity index (χ0v) is 20.1. The molecule has 8 fully saturated rings. The Morgan fingerprint density at radius 3 is 0.750 bits per heavy atom. The summed E-state index contributed by atoms with van der Waals surface area (Å²) in [4.78, 5) is 93.4. The fourth-order valence-corrected chi connectivity index (χ4v) is 8.79. The van der Waals surface area contributed by atoms with Crippen LogP contribution in [0.1, 0.15) is 53.4 Å². The van der Waals surface area contributed by atoms with Crippen LogP contribution in [0.4, 0.5) is 0 Å². The zero-order valence-electron chi connectivity index (χ0n) is 20.1. The minimum atomic E-state index is -0.545. The van der Waals surface area contributed by atoms with E-state index in [2.05, 4.69) is 0 Å². The maximum atomic E-state index is 11.7. The summed E-state index contributed by atoms with van der Waals surface area (Å²) in [5.41, 5.74) is 0. The lowest BCUT2D eigenvalue weighted by Crippen LogP contribution is -2.41. The van der Waals surface area contributed by atoms with Crippen LogP contribution in [0.3, 0.4) is 0 Å². The molecule has 8 aliphatic rings. The molecule has 12 nitrogen and oxygen atoms in total. The van der Waals surface area contributed by atoms with E-state index < -0.39 is 71.4 Å². The second kappa shape index (κ2) is 9.59. The molecule has 8 atom stereocenters. The van der Waals surface area contributed by atoms with Gasteiger partial charge in [-0.05, 0) is 62.2 Å². The molecule has 4 saturated heterocycles. The second-order valence-electron chi connectivity index (χ2n) is 11.9. The summed E-state index contributed by atoms with van der Waals surface area (Å²) in [7, 11) is 0. The number of ether oxygens (including phenoxy) is 4. The molecule has 4 aliphatic carbocycles. The van der Waals surface area contributed by atoms with Crippen LogP contribution in [-0.4, -0.2) is 47.8 Å². The highest BCUT2D eigenvalue weighted by Crippen LogP contribution is 2.60. The number of fused-ring (bicyclic) bond motifs is 12. The van der Waals surface area contributed by atoms with Crippen LogP contribution in [0.5, 0.6) is 0 Å². The highest BCUT2D eigenvalue weighted by Gasteiger charge is 2.67. The molecule has 4 aliphatic heterocycles. The van der Waals surface area contributed by atoms with Crippen molar-refractivity contribution in [3.8, 4) is 0 Å². The molecule has 8 unspecified atom stereocenters. The Labute approximate surface area is 229 Å². The monoisotopic (exact) mass is 560 g/mol. The van der Waals surface area contributed by atoms with E-state index >= 15 is 0 Å². The first kappa shape index (κ1) is 28.1. The quantitative estimate of drug-likeness (QED) is 0.180. The van der Waals surface area contributed by atoms with Crippen molar-refractivity contribution in [3.05, 3.63) is 0 Å². The summed E-state index contributed by atoms with van der Waals surface area (Å²) in [6.07, 6.45) is 3.19. The molecule has 0 aromatic rings. The molecule has 0 N–H and O–H groups in total. The van der Waals surface area contributed by atoms with Gasteiger partial charge in [0, 0.05) is 0 Å². The summed E-state index contributed by atoms with van der Waals surface area (Å²) in [6, 6.07) is 0. The third-order valence-electron chi connectivity index (χ3n) is 10.4. The Morgan fingerprint density at radius 1 is 0.325 bits per heavy atom.